The van der Waals surface area contributed by atoms with Crippen LogP contribution in [-0.2, 0) is 15.7 Å². The summed E-state index contributed by atoms with van der Waals surface area (Å²) < 4.78 is 43.9. The van der Waals surface area contributed by atoms with Crippen molar-refractivity contribution >= 4 is 11.9 Å². The maximum absolute atomic E-state index is 13.0. The number of piperidine rings is 1. The molecule has 2 aliphatic rings. The second-order valence-corrected chi connectivity index (χ2v) is 6.66. The summed E-state index contributed by atoms with van der Waals surface area (Å²) in [6.07, 6.45) is -3.61. The molecule has 0 radical (unpaired) electrons. The molecule has 142 valence electrons. The van der Waals surface area contributed by atoms with Crippen molar-refractivity contribution in [2.75, 3.05) is 26.7 Å². The monoisotopic (exact) mass is 372 g/mol. The van der Waals surface area contributed by atoms with Gasteiger partial charge in [-0.25, -0.2) is 4.79 Å². The molecular formula is C17H19F3N2O4. The van der Waals surface area contributed by atoms with Crippen molar-refractivity contribution in [2.45, 2.75) is 30.8 Å². The number of carbonyl (C=O) groups excluding carboxylic acids is 1. The predicted molar refractivity (Wildman–Crippen MR) is 84.5 cm³/mol. The van der Waals surface area contributed by atoms with Crippen LogP contribution in [0.15, 0.2) is 24.3 Å². The molecule has 26 heavy (non-hydrogen) atoms. The maximum Gasteiger partial charge on any atom is 0.416 e. The van der Waals surface area contributed by atoms with Gasteiger partial charge in [0.1, 0.15) is 5.72 Å². The molecule has 0 aliphatic carbocycles. The lowest BCUT2D eigenvalue weighted by Crippen LogP contribution is -2.57. The Kier molecular flexibility index (Phi) is 4.70. The minimum atomic E-state index is -4.50. The minimum Gasteiger partial charge on any atom is -0.480 e. The molecular weight excluding hydrogens is 353 g/mol. The van der Waals surface area contributed by atoms with Gasteiger partial charge < -0.3 is 14.7 Å². The van der Waals surface area contributed by atoms with E-state index in [-0.39, 0.29) is 12.2 Å². The summed E-state index contributed by atoms with van der Waals surface area (Å²) in [4.78, 5) is 27.8. The predicted octanol–water partition coefficient (Wildman–Crippen LogP) is 2.05. The van der Waals surface area contributed by atoms with E-state index in [9.17, 15) is 27.9 Å². The van der Waals surface area contributed by atoms with Crippen LogP contribution in [0, 0.1) is 0 Å². The number of amides is 1. The van der Waals surface area contributed by atoms with E-state index in [1.54, 1.807) is 0 Å². The number of carbonyl (C=O) groups is 2. The molecule has 0 saturated carbocycles. The Balaban J connectivity index is 1.91. The number of benzene rings is 1. The molecule has 1 aromatic rings. The van der Waals surface area contributed by atoms with E-state index in [0.29, 0.717) is 25.9 Å². The van der Waals surface area contributed by atoms with Gasteiger partial charge in [-0.3, -0.25) is 9.69 Å². The zero-order chi connectivity index (χ0) is 19.1. The lowest BCUT2D eigenvalue weighted by molar-refractivity contribution is -0.143. The number of halogens is 3. The van der Waals surface area contributed by atoms with Gasteiger partial charge >= 0.3 is 12.1 Å². The summed E-state index contributed by atoms with van der Waals surface area (Å²) in [6.45, 7) is 1.12. The van der Waals surface area contributed by atoms with Crippen molar-refractivity contribution in [3.8, 4) is 0 Å². The average molecular weight is 372 g/mol. The van der Waals surface area contributed by atoms with Crippen molar-refractivity contribution in [2.24, 2.45) is 0 Å². The fraction of sp³-hybridized carbons (Fsp3) is 0.529. The highest BCUT2D eigenvalue weighted by molar-refractivity contribution is 5.97. The molecule has 1 atom stereocenters. The first-order chi connectivity index (χ1) is 12.1. The van der Waals surface area contributed by atoms with Crippen molar-refractivity contribution < 1.29 is 32.6 Å². The van der Waals surface area contributed by atoms with Crippen LogP contribution < -0.4 is 0 Å². The van der Waals surface area contributed by atoms with Crippen LogP contribution in [0.1, 0.15) is 28.8 Å². The third-order valence-electron chi connectivity index (χ3n) is 4.99. The van der Waals surface area contributed by atoms with E-state index in [1.165, 1.54) is 4.90 Å². The maximum atomic E-state index is 13.0. The Bertz CT molecular complexity index is 697. The number of nitrogens with zero attached hydrogens (tertiary/aromatic N) is 2. The van der Waals surface area contributed by atoms with Crippen LogP contribution in [0.2, 0.25) is 0 Å². The SMILES string of the molecule is CN1CCC2(CC1)OC[C@H](C(=O)O)N2C(=O)c1ccc(C(F)(F)F)cc1. The van der Waals surface area contributed by atoms with Gasteiger partial charge in [-0.15, -0.1) is 0 Å². The zero-order valence-electron chi connectivity index (χ0n) is 14.1. The summed E-state index contributed by atoms with van der Waals surface area (Å²) in [7, 11) is 1.92. The normalized spacial score (nSPS) is 23.4. The molecule has 3 rings (SSSR count). The first kappa shape index (κ1) is 18.7. The second-order valence-electron chi connectivity index (χ2n) is 6.66. The molecule has 2 fully saturated rings. The Morgan fingerprint density at radius 3 is 2.27 bits per heavy atom. The van der Waals surface area contributed by atoms with Gasteiger partial charge in [0.15, 0.2) is 6.04 Å². The number of hydrogen-bond acceptors (Lipinski definition) is 4. The Morgan fingerprint density at radius 2 is 1.77 bits per heavy atom. The van der Waals surface area contributed by atoms with E-state index in [1.807, 2.05) is 11.9 Å². The molecule has 1 amide bonds. The lowest BCUT2D eigenvalue weighted by Gasteiger charge is -2.43. The number of carboxylic acids is 1. The number of ether oxygens (including phenoxy) is 1. The van der Waals surface area contributed by atoms with Gasteiger partial charge in [0, 0.05) is 31.5 Å². The molecule has 0 unspecified atom stereocenters. The van der Waals surface area contributed by atoms with Crippen LogP contribution >= 0.6 is 0 Å². The lowest BCUT2D eigenvalue weighted by atomic mass is 9.97. The minimum absolute atomic E-state index is 0.00746. The van der Waals surface area contributed by atoms with E-state index in [0.717, 1.165) is 24.3 Å². The molecule has 2 saturated heterocycles. The highest BCUT2D eigenvalue weighted by Crippen LogP contribution is 2.38. The number of alkyl halides is 3. The molecule has 6 nitrogen and oxygen atoms in total. The summed E-state index contributed by atoms with van der Waals surface area (Å²) in [5.41, 5.74) is -1.89. The largest absolute Gasteiger partial charge is 0.480 e. The average Bonchev–Trinajstić information content (AvgIpc) is 2.96. The topological polar surface area (TPSA) is 70.1 Å². The quantitative estimate of drug-likeness (QED) is 0.861. The molecule has 0 bridgehead atoms. The number of carboxylic acid groups (broad SMARTS) is 1. The van der Waals surface area contributed by atoms with Gasteiger partial charge in [0.05, 0.1) is 12.2 Å². The first-order valence-corrected chi connectivity index (χ1v) is 8.20. The van der Waals surface area contributed by atoms with Gasteiger partial charge in [-0.2, -0.15) is 13.2 Å². The van der Waals surface area contributed by atoms with E-state index in [4.69, 9.17) is 4.74 Å². The van der Waals surface area contributed by atoms with Crippen LogP contribution in [0.4, 0.5) is 13.2 Å². The van der Waals surface area contributed by atoms with Crippen molar-refractivity contribution in [1.82, 2.24) is 9.80 Å². The van der Waals surface area contributed by atoms with Crippen LogP contribution in [0.3, 0.4) is 0 Å². The third kappa shape index (κ3) is 3.28. The Morgan fingerprint density at radius 1 is 1.19 bits per heavy atom. The van der Waals surface area contributed by atoms with Crippen molar-refractivity contribution in [1.29, 1.82) is 0 Å². The number of likely N-dealkylation sites (tertiary alicyclic amines) is 1. The fourth-order valence-electron chi connectivity index (χ4n) is 3.46. The smallest absolute Gasteiger partial charge is 0.416 e. The van der Waals surface area contributed by atoms with E-state index in [2.05, 4.69) is 0 Å². The van der Waals surface area contributed by atoms with Crippen molar-refractivity contribution in [3.05, 3.63) is 35.4 Å². The summed E-state index contributed by atoms with van der Waals surface area (Å²) >= 11 is 0. The molecule has 1 aromatic carbocycles. The number of rotatable bonds is 2. The van der Waals surface area contributed by atoms with E-state index < -0.39 is 35.4 Å². The standard InChI is InChI=1S/C17H19F3N2O4/c1-21-8-6-16(7-9-21)22(13(10-26-16)15(24)25)14(23)11-2-4-12(5-3-11)17(18,19)20/h2-5,13H,6-10H2,1H3,(H,24,25)/t13-/m1/s1. The highest BCUT2D eigenvalue weighted by atomic mass is 19.4. The van der Waals surface area contributed by atoms with Crippen LogP contribution in [0.25, 0.3) is 0 Å². The van der Waals surface area contributed by atoms with Crippen LogP contribution in [-0.4, -0.2) is 65.3 Å². The fourth-order valence-corrected chi connectivity index (χ4v) is 3.46. The number of aliphatic carboxylic acids is 1. The summed E-state index contributed by atoms with van der Waals surface area (Å²) in [5.74, 6) is -1.82. The molecule has 1 spiro atoms. The molecule has 1 N–H and O–H groups in total. The van der Waals surface area contributed by atoms with E-state index >= 15 is 0 Å². The van der Waals surface area contributed by atoms with Crippen LogP contribution in [0.5, 0.6) is 0 Å². The first-order valence-electron chi connectivity index (χ1n) is 8.20. The van der Waals surface area contributed by atoms with Gasteiger partial charge in [0.25, 0.3) is 5.91 Å². The Hall–Kier alpha value is -2.13. The number of hydrogen-bond donors (Lipinski definition) is 1. The Labute approximate surface area is 148 Å². The highest BCUT2D eigenvalue weighted by Gasteiger charge is 2.53. The van der Waals surface area contributed by atoms with Gasteiger partial charge in [-0.05, 0) is 31.3 Å². The van der Waals surface area contributed by atoms with Crippen molar-refractivity contribution in [3.63, 3.8) is 0 Å². The molecule has 0 aromatic heterocycles. The third-order valence-corrected chi connectivity index (χ3v) is 4.99. The second kappa shape index (κ2) is 6.55. The van der Waals surface area contributed by atoms with Gasteiger partial charge in [-0.1, -0.05) is 0 Å². The molecule has 2 aliphatic heterocycles. The summed E-state index contributed by atoms with van der Waals surface area (Å²) in [6, 6.07) is 2.63. The summed E-state index contributed by atoms with van der Waals surface area (Å²) in [5, 5.41) is 9.46. The van der Waals surface area contributed by atoms with Gasteiger partial charge in [0.2, 0.25) is 0 Å². The zero-order valence-corrected chi connectivity index (χ0v) is 14.1. The molecule has 9 heteroatoms. The molecule has 2 heterocycles.